The van der Waals surface area contributed by atoms with Gasteiger partial charge in [0.05, 0.1) is 10.6 Å². The quantitative estimate of drug-likeness (QED) is 0.457. The molecule has 1 saturated carbocycles. The summed E-state index contributed by atoms with van der Waals surface area (Å²) in [7, 11) is 1.55. The number of likely N-dealkylation sites (tertiary alicyclic amines) is 1. The number of carbonyl (C=O) groups is 2. The third-order valence-electron chi connectivity index (χ3n) is 7.50. The van der Waals surface area contributed by atoms with Crippen molar-refractivity contribution in [3.8, 4) is 0 Å². The van der Waals surface area contributed by atoms with Gasteiger partial charge in [-0.15, -0.1) is 0 Å². The number of aliphatic hydroxyl groups is 1. The van der Waals surface area contributed by atoms with Crippen molar-refractivity contribution in [3.63, 3.8) is 0 Å². The third-order valence-corrected chi connectivity index (χ3v) is 7.81. The number of anilines is 1. The predicted molar refractivity (Wildman–Crippen MR) is 125 cm³/mol. The number of amides is 2. The maximum Gasteiger partial charge on any atom is 0.426 e. The lowest BCUT2D eigenvalue weighted by Gasteiger charge is -2.40. The Hall–Kier alpha value is -2.00. The van der Waals surface area contributed by atoms with E-state index < -0.39 is 23.6 Å². The molecular formula is C24H33ClF3N3O3. The smallest absolute Gasteiger partial charge is 0.385 e. The summed E-state index contributed by atoms with van der Waals surface area (Å²) in [6.45, 7) is 3.65. The summed E-state index contributed by atoms with van der Waals surface area (Å²) in [4.78, 5) is 25.5. The predicted octanol–water partition coefficient (Wildman–Crippen LogP) is 4.47. The van der Waals surface area contributed by atoms with E-state index >= 15 is 0 Å². The highest BCUT2D eigenvalue weighted by Crippen LogP contribution is 2.61. The van der Waals surface area contributed by atoms with Gasteiger partial charge in [0.2, 0.25) is 5.60 Å². The molecule has 6 nitrogen and oxygen atoms in total. The first-order chi connectivity index (χ1) is 15.9. The standard InChI is InChI=1S/C24H33ClF3N3O3/c1-15(2)23(34,24(26,27)28)21(33)31-11-8-22(9-12-31)14-16(22)5-4-10-30-17-6-7-18(19(25)13-17)20(32)29-3/h6-7,13,15-16,30,34H,4-5,8-12,14H2,1-3H3,(H,29,32)/t16-,23-/m1/s1. The van der Waals surface area contributed by atoms with E-state index in [1.165, 1.54) is 18.7 Å². The maximum absolute atomic E-state index is 13.4. The Bertz CT molecular complexity index is 916. The number of carbonyl (C=O) groups excluding carboxylic acids is 2. The van der Waals surface area contributed by atoms with Crippen molar-refractivity contribution >= 4 is 29.1 Å². The molecule has 1 aliphatic carbocycles. The Kier molecular flexibility index (Phi) is 7.77. The summed E-state index contributed by atoms with van der Waals surface area (Å²) in [5.41, 5.74) is -1.99. The van der Waals surface area contributed by atoms with E-state index in [-0.39, 0.29) is 24.4 Å². The van der Waals surface area contributed by atoms with Gasteiger partial charge in [-0.25, -0.2) is 0 Å². The van der Waals surface area contributed by atoms with Crippen LogP contribution in [0.25, 0.3) is 0 Å². The Morgan fingerprint density at radius 1 is 1.26 bits per heavy atom. The topological polar surface area (TPSA) is 81.7 Å². The highest BCUT2D eigenvalue weighted by molar-refractivity contribution is 6.34. The summed E-state index contributed by atoms with van der Waals surface area (Å²) in [6.07, 6.45) is -0.738. The van der Waals surface area contributed by atoms with Crippen LogP contribution in [0.15, 0.2) is 18.2 Å². The van der Waals surface area contributed by atoms with Crippen LogP contribution in [0, 0.1) is 17.3 Å². The van der Waals surface area contributed by atoms with Gasteiger partial charge in [-0.05, 0) is 61.6 Å². The Labute approximate surface area is 203 Å². The third kappa shape index (κ3) is 5.15. The normalized spacial score (nSPS) is 21.3. The molecule has 1 aromatic carbocycles. The van der Waals surface area contributed by atoms with Gasteiger partial charge < -0.3 is 20.6 Å². The second-order valence-corrected chi connectivity index (χ2v) is 10.2. The van der Waals surface area contributed by atoms with Crippen LogP contribution in [0.5, 0.6) is 0 Å². The fraction of sp³-hybridized carbons (Fsp3) is 0.667. The van der Waals surface area contributed by atoms with Crippen molar-refractivity contribution in [3.05, 3.63) is 28.8 Å². The molecule has 0 radical (unpaired) electrons. The number of nitrogens with zero attached hydrogens (tertiary/aromatic N) is 1. The zero-order valence-electron chi connectivity index (χ0n) is 19.8. The van der Waals surface area contributed by atoms with Gasteiger partial charge in [0, 0.05) is 38.3 Å². The SMILES string of the molecule is CNC(=O)c1ccc(NCCC[C@@H]2CC23CCN(C(=O)[C@](O)(C(C)C)C(F)(F)F)CC3)cc1Cl. The minimum absolute atomic E-state index is 0.101. The van der Waals surface area contributed by atoms with Gasteiger partial charge in [0.1, 0.15) is 0 Å². The van der Waals surface area contributed by atoms with Gasteiger partial charge in [-0.3, -0.25) is 9.59 Å². The van der Waals surface area contributed by atoms with Crippen LogP contribution in [0.1, 0.15) is 56.3 Å². The molecule has 2 atom stereocenters. The van der Waals surface area contributed by atoms with Crippen LogP contribution < -0.4 is 10.6 Å². The minimum atomic E-state index is -5.00. The molecular weight excluding hydrogens is 471 g/mol. The van der Waals surface area contributed by atoms with Gasteiger partial charge in [0.25, 0.3) is 11.8 Å². The van der Waals surface area contributed by atoms with E-state index in [9.17, 15) is 27.9 Å². The van der Waals surface area contributed by atoms with E-state index in [2.05, 4.69) is 10.6 Å². The molecule has 0 bridgehead atoms. The lowest BCUT2D eigenvalue weighted by atomic mass is 9.85. The summed E-state index contributed by atoms with van der Waals surface area (Å²) in [6, 6.07) is 5.20. The fourth-order valence-electron chi connectivity index (χ4n) is 5.07. The van der Waals surface area contributed by atoms with E-state index in [1.54, 1.807) is 25.2 Å². The first kappa shape index (κ1) is 26.6. The molecule has 2 aliphatic rings. The second-order valence-electron chi connectivity index (χ2n) is 9.82. The highest BCUT2D eigenvalue weighted by Gasteiger charge is 2.63. The molecule has 3 N–H and O–H groups in total. The Morgan fingerprint density at radius 3 is 2.44 bits per heavy atom. The molecule has 3 rings (SSSR count). The van der Waals surface area contributed by atoms with E-state index in [0.29, 0.717) is 29.3 Å². The van der Waals surface area contributed by atoms with Crippen LogP contribution in [-0.2, 0) is 4.79 Å². The lowest BCUT2D eigenvalue weighted by Crippen LogP contribution is -2.62. The number of benzene rings is 1. The average molecular weight is 504 g/mol. The molecule has 190 valence electrons. The number of nitrogens with one attached hydrogen (secondary N) is 2. The molecule has 1 aliphatic heterocycles. The highest BCUT2D eigenvalue weighted by atomic mass is 35.5. The molecule has 10 heteroatoms. The number of hydrogen-bond donors (Lipinski definition) is 3. The largest absolute Gasteiger partial charge is 0.426 e. The van der Waals surface area contributed by atoms with Crippen LogP contribution in [0.3, 0.4) is 0 Å². The molecule has 1 heterocycles. The first-order valence-electron chi connectivity index (χ1n) is 11.7. The number of rotatable bonds is 8. The molecule has 1 saturated heterocycles. The number of alkyl halides is 3. The zero-order chi connectivity index (χ0) is 25.3. The summed E-state index contributed by atoms with van der Waals surface area (Å²) < 4.78 is 40.3. The summed E-state index contributed by atoms with van der Waals surface area (Å²) >= 11 is 6.17. The van der Waals surface area contributed by atoms with Crippen molar-refractivity contribution in [1.82, 2.24) is 10.2 Å². The Balaban J connectivity index is 1.44. The number of hydrogen-bond acceptors (Lipinski definition) is 4. The van der Waals surface area contributed by atoms with Crippen molar-refractivity contribution in [1.29, 1.82) is 0 Å². The van der Waals surface area contributed by atoms with Crippen molar-refractivity contribution in [2.45, 2.75) is 57.7 Å². The molecule has 1 spiro atoms. The van der Waals surface area contributed by atoms with Crippen molar-refractivity contribution < 1.29 is 27.9 Å². The van der Waals surface area contributed by atoms with Crippen LogP contribution >= 0.6 is 11.6 Å². The molecule has 2 amide bonds. The molecule has 0 unspecified atom stereocenters. The number of piperidine rings is 1. The van der Waals surface area contributed by atoms with E-state index in [0.717, 1.165) is 31.5 Å². The first-order valence-corrected chi connectivity index (χ1v) is 12.1. The lowest BCUT2D eigenvalue weighted by molar-refractivity contribution is -0.270. The summed E-state index contributed by atoms with van der Waals surface area (Å²) in [5.74, 6) is -2.23. The summed E-state index contributed by atoms with van der Waals surface area (Å²) in [5, 5.41) is 16.4. The minimum Gasteiger partial charge on any atom is -0.385 e. The molecule has 2 fully saturated rings. The molecule has 34 heavy (non-hydrogen) atoms. The monoisotopic (exact) mass is 503 g/mol. The van der Waals surface area contributed by atoms with Crippen molar-refractivity contribution in [2.24, 2.45) is 17.3 Å². The van der Waals surface area contributed by atoms with Crippen LogP contribution in [0.4, 0.5) is 18.9 Å². The van der Waals surface area contributed by atoms with Crippen molar-refractivity contribution in [2.75, 3.05) is 32.0 Å². The second kappa shape index (κ2) is 9.93. The average Bonchev–Trinajstić information content (AvgIpc) is 3.45. The Morgan fingerprint density at radius 2 is 1.91 bits per heavy atom. The van der Waals surface area contributed by atoms with Crippen LogP contribution in [0.2, 0.25) is 5.02 Å². The zero-order valence-corrected chi connectivity index (χ0v) is 20.5. The van der Waals surface area contributed by atoms with Gasteiger partial charge in [-0.2, -0.15) is 13.2 Å². The van der Waals surface area contributed by atoms with Crippen LogP contribution in [-0.4, -0.2) is 60.3 Å². The van der Waals surface area contributed by atoms with Gasteiger partial charge in [-0.1, -0.05) is 25.4 Å². The fourth-order valence-corrected chi connectivity index (χ4v) is 5.34. The van der Waals surface area contributed by atoms with E-state index in [1.807, 2.05) is 0 Å². The van der Waals surface area contributed by atoms with Gasteiger partial charge in [0.15, 0.2) is 0 Å². The number of halogens is 4. The molecule has 1 aromatic rings. The van der Waals surface area contributed by atoms with E-state index in [4.69, 9.17) is 11.6 Å². The maximum atomic E-state index is 13.4. The molecule has 0 aromatic heterocycles. The van der Waals surface area contributed by atoms with Gasteiger partial charge >= 0.3 is 6.18 Å².